The van der Waals surface area contributed by atoms with Crippen LogP contribution in [-0.2, 0) is 9.59 Å². The summed E-state index contributed by atoms with van der Waals surface area (Å²) in [5.74, 6) is 3.84. The first kappa shape index (κ1) is 16.5. The lowest BCUT2D eigenvalue weighted by atomic mass is 9.43. The first-order valence-corrected chi connectivity index (χ1v) is 10.0. The summed E-state index contributed by atoms with van der Waals surface area (Å²) in [7, 11) is 0. The van der Waals surface area contributed by atoms with Gasteiger partial charge in [-0.2, -0.15) is 0 Å². The molecule has 4 aliphatic rings. The zero-order chi connectivity index (χ0) is 17.3. The lowest BCUT2D eigenvalue weighted by Gasteiger charge is -2.61. The monoisotopic (exact) mass is 328 g/mol. The van der Waals surface area contributed by atoms with Crippen molar-refractivity contribution >= 4 is 12.1 Å². The largest absolute Gasteiger partial charge is 0.303 e. The molecule has 4 aliphatic carbocycles. The van der Waals surface area contributed by atoms with Gasteiger partial charge >= 0.3 is 0 Å². The molecule has 8 atom stereocenters. The van der Waals surface area contributed by atoms with Crippen LogP contribution in [0, 0.1) is 46.3 Å². The maximum absolute atomic E-state index is 12.1. The Morgan fingerprint density at radius 2 is 1.83 bits per heavy atom. The second kappa shape index (κ2) is 5.29. The minimum Gasteiger partial charge on any atom is -0.303 e. The highest BCUT2D eigenvalue weighted by atomic mass is 16.1. The number of hydrogen-bond donors (Lipinski definition) is 0. The molecule has 0 aliphatic heterocycles. The maximum atomic E-state index is 12.1. The number of rotatable bonds is 1. The molecule has 0 aromatic heterocycles. The van der Waals surface area contributed by atoms with Crippen LogP contribution in [-0.4, -0.2) is 12.1 Å². The fraction of sp³-hybridized carbons (Fsp3) is 0.818. The van der Waals surface area contributed by atoms with Gasteiger partial charge in [-0.3, -0.25) is 4.79 Å². The molecular formula is C22H32O2. The van der Waals surface area contributed by atoms with Gasteiger partial charge in [-0.05, 0) is 78.6 Å². The molecule has 2 nitrogen and oxygen atoms in total. The average Bonchev–Trinajstić information content (AvgIpc) is 2.90. The summed E-state index contributed by atoms with van der Waals surface area (Å²) in [5.41, 5.74) is 1.88. The Labute approximate surface area is 146 Å². The smallest absolute Gasteiger partial charge is 0.155 e. The molecule has 0 aromatic rings. The molecule has 3 fully saturated rings. The molecule has 0 N–H and O–H groups in total. The Morgan fingerprint density at radius 3 is 2.54 bits per heavy atom. The molecule has 0 amide bonds. The Hall–Kier alpha value is -0.920. The number of ketones is 1. The highest BCUT2D eigenvalue weighted by molar-refractivity contribution is 5.91. The third-order valence-corrected chi connectivity index (χ3v) is 9.14. The molecule has 0 bridgehead atoms. The number of carbonyl (C=O) groups is 2. The molecule has 4 rings (SSSR count). The van der Waals surface area contributed by atoms with Crippen LogP contribution in [0.25, 0.3) is 0 Å². The lowest BCUT2D eigenvalue weighted by Crippen LogP contribution is -2.55. The highest BCUT2D eigenvalue weighted by Crippen LogP contribution is 2.68. The van der Waals surface area contributed by atoms with E-state index in [1.54, 1.807) is 0 Å². The molecule has 2 heteroatoms. The van der Waals surface area contributed by atoms with Gasteiger partial charge in [-0.1, -0.05) is 33.3 Å². The van der Waals surface area contributed by atoms with Gasteiger partial charge in [0.15, 0.2) is 5.78 Å². The van der Waals surface area contributed by atoms with Crippen molar-refractivity contribution in [1.29, 1.82) is 0 Å². The van der Waals surface area contributed by atoms with E-state index in [0.29, 0.717) is 29.5 Å². The van der Waals surface area contributed by atoms with Crippen LogP contribution in [0.4, 0.5) is 0 Å². The zero-order valence-corrected chi connectivity index (χ0v) is 15.7. The van der Waals surface area contributed by atoms with Gasteiger partial charge in [0.25, 0.3) is 0 Å². The predicted molar refractivity (Wildman–Crippen MR) is 95.4 cm³/mol. The van der Waals surface area contributed by atoms with Gasteiger partial charge in [-0.15, -0.1) is 0 Å². The lowest BCUT2D eigenvalue weighted by molar-refractivity contribution is -0.125. The van der Waals surface area contributed by atoms with E-state index in [9.17, 15) is 9.59 Å². The Morgan fingerprint density at radius 1 is 1.08 bits per heavy atom. The number of aldehydes is 1. The van der Waals surface area contributed by atoms with Gasteiger partial charge in [-0.25, -0.2) is 0 Å². The van der Waals surface area contributed by atoms with E-state index in [4.69, 9.17) is 0 Å². The van der Waals surface area contributed by atoms with E-state index < -0.39 is 0 Å². The highest BCUT2D eigenvalue weighted by Gasteiger charge is 2.61. The molecular weight excluding hydrogens is 296 g/mol. The summed E-state index contributed by atoms with van der Waals surface area (Å²) < 4.78 is 0. The van der Waals surface area contributed by atoms with E-state index in [-0.39, 0.29) is 16.7 Å². The van der Waals surface area contributed by atoms with Crippen molar-refractivity contribution in [3.63, 3.8) is 0 Å². The van der Waals surface area contributed by atoms with Gasteiger partial charge in [0.2, 0.25) is 0 Å². The van der Waals surface area contributed by atoms with Gasteiger partial charge in [0, 0.05) is 12.3 Å². The normalized spacial score (nSPS) is 53.7. The summed E-state index contributed by atoms with van der Waals surface area (Å²) in [5, 5.41) is 0. The summed E-state index contributed by atoms with van der Waals surface area (Å²) in [4.78, 5) is 23.7. The van der Waals surface area contributed by atoms with Crippen LogP contribution in [0.2, 0.25) is 0 Å². The Kier molecular flexibility index (Phi) is 3.64. The van der Waals surface area contributed by atoms with Crippen molar-refractivity contribution in [2.24, 2.45) is 46.3 Å². The molecule has 132 valence electrons. The van der Waals surface area contributed by atoms with Crippen molar-refractivity contribution in [3.8, 4) is 0 Å². The summed E-state index contributed by atoms with van der Waals surface area (Å²) >= 11 is 0. The van der Waals surface area contributed by atoms with Crippen LogP contribution in [0.5, 0.6) is 0 Å². The number of fused-ring (bicyclic) bond motifs is 5. The third-order valence-electron chi connectivity index (χ3n) is 9.14. The average molecular weight is 328 g/mol. The number of allylic oxidation sites excluding steroid dienone is 1. The van der Waals surface area contributed by atoms with Crippen molar-refractivity contribution in [1.82, 2.24) is 0 Å². The molecule has 0 heterocycles. The van der Waals surface area contributed by atoms with Gasteiger partial charge in [0.1, 0.15) is 6.29 Å². The van der Waals surface area contributed by atoms with Gasteiger partial charge in [0.05, 0.1) is 0 Å². The van der Waals surface area contributed by atoms with E-state index in [0.717, 1.165) is 25.2 Å². The van der Waals surface area contributed by atoms with Crippen LogP contribution in [0.15, 0.2) is 11.6 Å². The molecule has 0 saturated heterocycles. The maximum Gasteiger partial charge on any atom is 0.155 e. The minimum atomic E-state index is 0.213. The quantitative estimate of drug-likeness (QED) is 0.646. The fourth-order valence-electron chi connectivity index (χ4n) is 7.54. The number of hydrogen-bond acceptors (Lipinski definition) is 2. The van der Waals surface area contributed by atoms with Crippen LogP contribution < -0.4 is 0 Å². The number of carbonyl (C=O) groups excluding carboxylic acids is 2. The minimum absolute atomic E-state index is 0.213. The fourth-order valence-corrected chi connectivity index (χ4v) is 7.54. The molecule has 3 unspecified atom stereocenters. The van der Waals surface area contributed by atoms with E-state index in [2.05, 4.69) is 27.7 Å². The van der Waals surface area contributed by atoms with E-state index in [1.165, 1.54) is 31.1 Å². The first-order valence-electron chi connectivity index (χ1n) is 10.0. The van der Waals surface area contributed by atoms with Crippen molar-refractivity contribution < 1.29 is 9.59 Å². The molecule has 24 heavy (non-hydrogen) atoms. The standard InChI is InChI=1S/C22H32O2/c1-13-14(2)20-17-6-5-15(12-23)21(17,3)10-8-18(20)22(4)9-7-16(24)11-19(13)22/h11-15,17-18,20H,5-10H2,1-4H3/t13?,14?,15?,17-,18-,20-,21+,22+/m0/s1. The van der Waals surface area contributed by atoms with E-state index in [1.807, 2.05) is 6.08 Å². The second-order valence-electron chi connectivity index (χ2n) is 9.79. The summed E-state index contributed by atoms with van der Waals surface area (Å²) in [6.07, 6.45) is 9.78. The third kappa shape index (κ3) is 1.95. The molecule has 3 saturated carbocycles. The first-order chi connectivity index (χ1) is 11.3. The van der Waals surface area contributed by atoms with E-state index >= 15 is 0 Å². The van der Waals surface area contributed by atoms with Crippen LogP contribution >= 0.6 is 0 Å². The van der Waals surface area contributed by atoms with Crippen molar-refractivity contribution in [2.45, 2.75) is 66.2 Å². The van der Waals surface area contributed by atoms with Crippen LogP contribution in [0.1, 0.15) is 66.2 Å². The van der Waals surface area contributed by atoms with Crippen molar-refractivity contribution in [2.75, 3.05) is 0 Å². The topological polar surface area (TPSA) is 34.1 Å². The van der Waals surface area contributed by atoms with Crippen molar-refractivity contribution in [3.05, 3.63) is 11.6 Å². The summed E-state index contributed by atoms with van der Waals surface area (Å²) in [6.45, 7) is 9.61. The van der Waals surface area contributed by atoms with Crippen LogP contribution in [0.3, 0.4) is 0 Å². The molecule has 0 spiro atoms. The Bertz CT molecular complexity index is 605. The van der Waals surface area contributed by atoms with Gasteiger partial charge < -0.3 is 4.79 Å². The summed E-state index contributed by atoms with van der Waals surface area (Å²) in [6, 6.07) is 0. The second-order valence-corrected chi connectivity index (χ2v) is 9.79. The predicted octanol–water partition coefficient (Wildman–Crippen LogP) is 4.83. The molecule has 0 aromatic carbocycles. The Balaban J connectivity index is 1.77. The SMILES string of the molecule is CC1C2=CC(=O)CC[C@]2(C)[C@H]2CC[C@]3(C)C(C=O)CC[C@H]3[C@@H]2C1C. The molecule has 0 radical (unpaired) electrons. The zero-order valence-electron chi connectivity index (χ0n) is 15.7.